The number of carboxylic acid groups (broad SMARTS) is 1. The van der Waals surface area contributed by atoms with Gasteiger partial charge in [0.05, 0.1) is 41.9 Å². The molecule has 53 heavy (non-hydrogen) atoms. The van der Waals surface area contributed by atoms with E-state index in [1.54, 1.807) is 41.6 Å². The van der Waals surface area contributed by atoms with Crippen LogP contribution in [-0.2, 0) is 9.59 Å². The Kier molecular flexibility index (Phi) is 9.48. The van der Waals surface area contributed by atoms with Crippen LogP contribution in [0.1, 0.15) is 67.4 Å². The first-order valence-corrected chi connectivity index (χ1v) is 18.2. The van der Waals surface area contributed by atoms with Crippen LogP contribution in [0.25, 0.3) is 33.6 Å². The van der Waals surface area contributed by atoms with Crippen molar-refractivity contribution in [1.29, 1.82) is 0 Å². The van der Waals surface area contributed by atoms with Crippen LogP contribution >= 0.6 is 0 Å². The molecule has 0 saturated carbocycles. The number of H-pyrrole nitrogens is 2. The second-order valence-corrected chi connectivity index (χ2v) is 14.0. The quantitative estimate of drug-likeness (QED) is 0.122. The zero-order valence-corrected chi connectivity index (χ0v) is 29.0. The van der Waals surface area contributed by atoms with E-state index in [1.807, 2.05) is 35.2 Å². The third-order valence-electron chi connectivity index (χ3n) is 10.6. The third-order valence-corrected chi connectivity index (χ3v) is 10.6. The van der Waals surface area contributed by atoms with Crippen molar-refractivity contribution >= 4 is 17.9 Å². The van der Waals surface area contributed by atoms with Gasteiger partial charge in [0.15, 0.2) is 0 Å². The zero-order valence-electron chi connectivity index (χ0n) is 29.0. The first-order valence-electron chi connectivity index (χ1n) is 18.2. The molecule has 13 heteroatoms. The van der Waals surface area contributed by atoms with Gasteiger partial charge in [0.2, 0.25) is 5.91 Å². The number of alkyl halides is 1. The van der Waals surface area contributed by atoms with E-state index in [-0.39, 0.29) is 36.9 Å². The summed E-state index contributed by atoms with van der Waals surface area (Å²) in [5.74, 6) is 1.07. The van der Waals surface area contributed by atoms with Gasteiger partial charge in [-0.3, -0.25) is 9.59 Å². The van der Waals surface area contributed by atoms with Crippen molar-refractivity contribution in [2.24, 2.45) is 0 Å². The lowest BCUT2D eigenvalue weighted by Crippen LogP contribution is -2.43. The molecule has 0 spiro atoms. The van der Waals surface area contributed by atoms with Crippen molar-refractivity contribution in [2.75, 3.05) is 19.6 Å². The van der Waals surface area contributed by atoms with Crippen LogP contribution in [0, 0.1) is 0 Å². The molecule has 0 radical (unpaired) electrons. The Morgan fingerprint density at radius 1 is 0.755 bits per heavy atom. The summed E-state index contributed by atoms with van der Waals surface area (Å²) in [5.41, 5.74) is 6.32. The van der Waals surface area contributed by atoms with Crippen molar-refractivity contribution in [3.05, 3.63) is 108 Å². The Balaban J connectivity index is 0.925. The number of aromatic nitrogens is 4. The number of rotatable bonds is 9. The Labute approximate surface area is 305 Å². The van der Waals surface area contributed by atoms with Gasteiger partial charge in [-0.2, -0.15) is 0 Å². The minimum atomic E-state index is -1.26. The second-order valence-electron chi connectivity index (χ2n) is 14.0. The number of hydrogen-bond donors (Lipinski definition) is 5. The Bertz CT molecular complexity index is 2080. The molecule has 12 nitrogen and oxygen atoms in total. The number of likely N-dealkylation sites (tertiary alicyclic amines) is 2. The van der Waals surface area contributed by atoms with Gasteiger partial charge in [0.25, 0.3) is 5.91 Å². The predicted octanol–water partition coefficient (Wildman–Crippen LogP) is 6.17. The largest absolute Gasteiger partial charge is 0.465 e. The molecule has 8 rings (SSSR count). The van der Waals surface area contributed by atoms with E-state index in [4.69, 9.17) is 0 Å². The molecule has 0 aliphatic carbocycles. The molecule has 3 saturated heterocycles. The van der Waals surface area contributed by atoms with E-state index in [2.05, 4.69) is 54.8 Å². The summed E-state index contributed by atoms with van der Waals surface area (Å²) in [5, 5.41) is 14.9. The molecule has 3 aromatic carbocycles. The van der Waals surface area contributed by atoms with Gasteiger partial charge >= 0.3 is 6.09 Å². The highest BCUT2D eigenvalue weighted by molar-refractivity contribution is 5.87. The van der Waals surface area contributed by atoms with Crippen LogP contribution in [-0.4, -0.2) is 84.6 Å². The summed E-state index contributed by atoms with van der Waals surface area (Å²) in [7, 11) is 0. The maximum Gasteiger partial charge on any atom is 0.405 e. The van der Waals surface area contributed by atoms with Gasteiger partial charge in [-0.15, -0.1) is 0 Å². The molecule has 3 aliphatic heterocycles. The number of nitrogens with zero attached hydrogens (tertiary/aromatic N) is 4. The second kappa shape index (κ2) is 14.7. The molecular formula is C40H41FN8O4. The first-order chi connectivity index (χ1) is 25.8. The van der Waals surface area contributed by atoms with Crippen molar-refractivity contribution in [2.45, 2.75) is 62.4 Å². The SMILES string of the molecule is O=C(O)N[C@@H](C(=O)N1CCC[C@H]1c1ncc(-c2ccc(-c3ccc(-c4cnc([C@@H]5CCCN5C(=O)[C@@H]5C[C@@H](F)CN5)[nH]4)cc3)cc2)[nH]1)c1ccccc1. The fraction of sp³-hybridized carbons (Fsp3) is 0.325. The van der Waals surface area contributed by atoms with E-state index >= 15 is 0 Å². The number of carbonyl (C=O) groups excluding carboxylic acids is 2. The van der Waals surface area contributed by atoms with E-state index in [0.717, 1.165) is 65.1 Å². The van der Waals surface area contributed by atoms with E-state index in [0.29, 0.717) is 24.5 Å². The Hall–Kier alpha value is -5.82. The highest BCUT2D eigenvalue weighted by Crippen LogP contribution is 2.36. The van der Waals surface area contributed by atoms with Crippen LogP contribution in [0.5, 0.6) is 0 Å². The van der Waals surface area contributed by atoms with Crippen LogP contribution in [0.4, 0.5) is 9.18 Å². The summed E-state index contributed by atoms with van der Waals surface area (Å²) in [6.07, 6.45) is 4.78. The molecule has 272 valence electrons. The summed E-state index contributed by atoms with van der Waals surface area (Å²) in [6.45, 7) is 1.39. The number of nitrogens with one attached hydrogen (secondary N) is 4. The van der Waals surface area contributed by atoms with Gasteiger partial charge in [0.1, 0.15) is 23.9 Å². The standard InChI is InChI=1S/C40H41FN8O4/c41-29-20-30(42-21-29)38(50)48-18-4-8-33(48)36-43-22-31(45-36)26-14-10-24(11-15-26)25-12-16-27(17-13-25)32-23-44-37(46-32)34-9-5-19-49(34)39(51)35(47-40(52)53)28-6-2-1-3-7-28/h1-3,6-7,10-17,22-23,29-30,33-35,42,47H,4-5,8-9,18-21H2,(H,43,45)(H,44,46)(H,52,53)/t29-,30+,33+,34+,35-/m1/s1. The highest BCUT2D eigenvalue weighted by Gasteiger charge is 2.39. The van der Waals surface area contributed by atoms with Crippen molar-refractivity contribution in [3.63, 3.8) is 0 Å². The van der Waals surface area contributed by atoms with Gasteiger partial charge in [0, 0.05) is 26.1 Å². The number of aromatic amines is 2. The lowest BCUT2D eigenvalue weighted by atomic mass is 10.0. The maximum absolute atomic E-state index is 13.7. The summed E-state index contributed by atoms with van der Waals surface area (Å²) < 4.78 is 13.7. The molecular weight excluding hydrogens is 675 g/mol. The minimum absolute atomic E-state index is 0.0501. The lowest BCUT2D eigenvalue weighted by molar-refractivity contribution is -0.135. The van der Waals surface area contributed by atoms with Gasteiger partial charge in [-0.25, -0.2) is 19.2 Å². The molecule has 5 atom stereocenters. The molecule has 3 amide bonds. The highest BCUT2D eigenvalue weighted by atomic mass is 19.1. The molecule has 5 N–H and O–H groups in total. The van der Waals surface area contributed by atoms with E-state index < -0.39 is 24.3 Å². The van der Waals surface area contributed by atoms with Crippen LogP contribution < -0.4 is 10.6 Å². The van der Waals surface area contributed by atoms with Crippen molar-refractivity contribution in [1.82, 2.24) is 40.4 Å². The smallest absolute Gasteiger partial charge is 0.405 e. The Morgan fingerprint density at radius 2 is 1.28 bits per heavy atom. The number of benzene rings is 3. The number of carbonyl (C=O) groups is 3. The zero-order chi connectivity index (χ0) is 36.5. The van der Waals surface area contributed by atoms with E-state index in [1.165, 1.54) is 0 Å². The molecule has 3 aliphatic rings. The molecule has 3 fully saturated rings. The summed E-state index contributed by atoms with van der Waals surface area (Å²) in [4.78, 5) is 58.1. The Morgan fingerprint density at radius 3 is 1.81 bits per heavy atom. The minimum Gasteiger partial charge on any atom is -0.465 e. The molecule has 0 bridgehead atoms. The van der Waals surface area contributed by atoms with Gasteiger partial charge in [-0.1, -0.05) is 78.9 Å². The number of amides is 3. The predicted molar refractivity (Wildman–Crippen MR) is 196 cm³/mol. The average Bonchev–Trinajstić information content (AvgIpc) is 4.03. The van der Waals surface area contributed by atoms with E-state index in [9.17, 15) is 23.9 Å². The molecule has 2 aromatic heterocycles. The lowest BCUT2D eigenvalue weighted by Gasteiger charge is -2.28. The number of hydrogen-bond acceptors (Lipinski definition) is 6. The van der Waals surface area contributed by atoms with Crippen molar-refractivity contribution < 1.29 is 23.9 Å². The van der Waals surface area contributed by atoms with Crippen LogP contribution in [0.15, 0.2) is 91.3 Å². The van der Waals surface area contributed by atoms with Gasteiger partial charge in [-0.05, 0) is 53.5 Å². The first kappa shape index (κ1) is 34.3. The van der Waals surface area contributed by atoms with Gasteiger partial charge < -0.3 is 35.5 Å². The molecule has 0 unspecified atom stereocenters. The molecule has 5 heterocycles. The fourth-order valence-electron chi connectivity index (χ4n) is 7.92. The number of halogens is 1. The third kappa shape index (κ3) is 7.04. The monoisotopic (exact) mass is 716 g/mol. The topological polar surface area (TPSA) is 159 Å². The summed E-state index contributed by atoms with van der Waals surface area (Å²) in [6, 6.07) is 23.4. The molecule has 5 aromatic rings. The maximum atomic E-state index is 13.7. The fourth-order valence-corrected chi connectivity index (χ4v) is 7.92. The van der Waals surface area contributed by atoms with Crippen LogP contribution in [0.2, 0.25) is 0 Å². The normalized spacial score (nSPS) is 21.9. The van der Waals surface area contributed by atoms with Crippen LogP contribution in [0.3, 0.4) is 0 Å². The van der Waals surface area contributed by atoms with Crippen molar-refractivity contribution in [3.8, 4) is 33.6 Å². The summed E-state index contributed by atoms with van der Waals surface area (Å²) >= 11 is 0. The number of imidazole rings is 2. The average molecular weight is 717 g/mol.